The second-order valence-corrected chi connectivity index (χ2v) is 5.52. The lowest BCUT2D eigenvalue weighted by Gasteiger charge is -2.16. The van der Waals surface area contributed by atoms with Crippen LogP contribution in [0.5, 0.6) is 0 Å². The van der Waals surface area contributed by atoms with Crippen LogP contribution in [0.15, 0.2) is 17.1 Å². The van der Waals surface area contributed by atoms with Gasteiger partial charge in [0.1, 0.15) is 11.4 Å². The van der Waals surface area contributed by atoms with Gasteiger partial charge in [-0.1, -0.05) is 0 Å². The number of fused-ring (bicyclic) bond motifs is 1. The summed E-state index contributed by atoms with van der Waals surface area (Å²) in [4.78, 5) is 24.5. The normalized spacial score (nSPS) is 14.3. The molecule has 1 fully saturated rings. The highest BCUT2D eigenvalue weighted by molar-refractivity contribution is 5.95. The Hall–Kier alpha value is -2.37. The first kappa shape index (κ1) is 14.6. The van der Waals surface area contributed by atoms with E-state index in [2.05, 4.69) is 0 Å². The minimum Gasteiger partial charge on any atom is -0.462 e. The Morgan fingerprint density at radius 3 is 2.77 bits per heavy atom. The molecule has 0 atom stereocenters. The molecule has 6 heteroatoms. The molecule has 1 heterocycles. The SMILES string of the molecule is CCOC(=O)c1cn(C2CC2)c2c(C)c(N)c(F)cc2c1=O. The van der Waals surface area contributed by atoms with Gasteiger partial charge in [0.05, 0.1) is 17.8 Å². The highest BCUT2D eigenvalue weighted by atomic mass is 19.1. The van der Waals surface area contributed by atoms with Crippen molar-refractivity contribution in [2.24, 2.45) is 0 Å². The maximum absolute atomic E-state index is 13.9. The van der Waals surface area contributed by atoms with E-state index in [1.165, 1.54) is 6.20 Å². The zero-order valence-corrected chi connectivity index (χ0v) is 12.5. The number of hydrogen-bond acceptors (Lipinski definition) is 4. The van der Waals surface area contributed by atoms with Crippen LogP contribution in [-0.2, 0) is 4.74 Å². The topological polar surface area (TPSA) is 74.3 Å². The molecule has 1 aromatic carbocycles. The summed E-state index contributed by atoms with van der Waals surface area (Å²) in [5, 5.41) is 0.168. The third-order valence-electron chi connectivity index (χ3n) is 3.99. The average Bonchev–Trinajstić information content (AvgIpc) is 3.30. The Balaban J connectivity index is 2.38. The lowest BCUT2D eigenvalue weighted by Crippen LogP contribution is -2.21. The number of pyridine rings is 1. The van der Waals surface area contributed by atoms with E-state index < -0.39 is 17.2 Å². The number of ether oxygens (including phenoxy) is 1. The van der Waals surface area contributed by atoms with Crippen molar-refractivity contribution in [2.45, 2.75) is 32.7 Å². The van der Waals surface area contributed by atoms with Gasteiger partial charge >= 0.3 is 5.97 Å². The molecular weight excluding hydrogens is 287 g/mol. The van der Waals surface area contributed by atoms with Crippen LogP contribution in [0.4, 0.5) is 10.1 Å². The van der Waals surface area contributed by atoms with E-state index in [-0.39, 0.29) is 29.3 Å². The molecule has 1 saturated carbocycles. The lowest BCUT2D eigenvalue weighted by atomic mass is 10.0. The Kier molecular flexibility index (Phi) is 3.39. The maximum Gasteiger partial charge on any atom is 0.343 e. The Bertz CT molecular complexity index is 838. The third kappa shape index (κ3) is 2.15. The summed E-state index contributed by atoms with van der Waals surface area (Å²) >= 11 is 0. The molecule has 116 valence electrons. The molecule has 1 aliphatic rings. The molecule has 2 aromatic rings. The minimum atomic E-state index is -0.682. The number of esters is 1. The molecule has 0 aliphatic heterocycles. The number of anilines is 1. The standard InChI is InChI=1S/C16H17FN2O3/c1-3-22-16(21)11-7-19(9-4-5-9)14-8(2)13(18)12(17)6-10(14)15(11)20/h6-7,9H,3-5,18H2,1-2H3. The van der Waals surface area contributed by atoms with Gasteiger partial charge in [-0.2, -0.15) is 0 Å². The molecule has 0 bridgehead atoms. The predicted molar refractivity (Wildman–Crippen MR) is 81.5 cm³/mol. The molecule has 22 heavy (non-hydrogen) atoms. The summed E-state index contributed by atoms with van der Waals surface area (Å²) < 4.78 is 20.7. The molecule has 0 radical (unpaired) electrons. The fraction of sp³-hybridized carbons (Fsp3) is 0.375. The lowest BCUT2D eigenvalue weighted by molar-refractivity contribution is 0.0524. The monoisotopic (exact) mass is 304 g/mol. The van der Waals surface area contributed by atoms with Crippen LogP contribution in [-0.4, -0.2) is 17.1 Å². The van der Waals surface area contributed by atoms with E-state index >= 15 is 0 Å². The Morgan fingerprint density at radius 1 is 1.50 bits per heavy atom. The maximum atomic E-state index is 13.9. The van der Waals surface area contributed by atoms with Crippen LogP contribution in [0.2, 0.25) is 0 Å². The molecule has 0 saturated heterocycles. The van der Waals surface area contributed by atoms with Crippen molar-refractivity contribution in [3.05, 3.63) is 39.4 Å². The molecular formula is C16H17FN2O3. The molecule has 2 N–H and O–H groups in total. The highest BCUT2D eigenvalue weighted by Crippen LogP contribution is 2.38. The summed E-state index contributed by atoms with van der Waals surface area (Å²) in [5.74, 6) is -1.33. The van der Waals surface area contributed by atoms with E-state index in [4.69, 9.17) is 10.5 Å². The van der Waals surface area contributed by atoms with Crippen molar-refractivity contribution in [3.8, 4) is 0 Å². The number of aryl methyl sites for hydroxylation is 1. The van der Waals surface area contributed by atoms with Crippen molar-refractivity contribution in [2.75, 3.05) is 12.3 Å². The molecule has 5 nitrogen and oxygen atoms in total. The Morgan fingerprint density at radius 2 is 2.18 bits per heavy atom. The van der Waals surface area contributed by atoms with Crippen LogP contribution in [0.25, 0.3) is 10.9 Å². The number of aromatic nitrogens is 1. The van der Waals surface area contributed by atoms with Crippen LogP contribution < -0.4 is 11.2 Å². The summed E-state index contributed by atoms with van der Waals surface area (Å²) in [6.07, 6.45) is 3.43. The summed E-state index contributed by atoms with van der Waals surface area (Å²) in [6.45, 7) is 3.53. The van der Waals surface area contributed by atoms with Crippen LogP contribution in [0.1, 0.15) is 41.7 Å². The minimum absolute atomic E-state index is 0.0326. The van der Waals surface area contributed by atoms with Crippen molar-refractivity contribution >= 4 is 22.6 Å². The van der Waals surface area contributed by atoms with Gasteiger partial charge in [0, 0.05) is 17.6 Å². The average molecular weight is 304 g/mol. The number of nitrogens with zero attached hydrogens (tertiary/aromatic N) is 1. The number of carbonyl (C=O) groups is 1. The molecule has 1 aromatic heterocycles. The molecule has 3 rings (SSSR count). The van der Waals surface area contributed by atoms with Gasteiger partial charge in [0.2, 0.25) is 5.43 Å². The number of hydrogen-bond donors (Lipinski definition) is 1. The van der Waals surface area contributed by atoms with E-state index in [9.17, 15) is 14.0 Å². The first-order chi connectivity index (χ1) is 10.5. The van der Waals surface area contributed by atoms with Crippen LogP contribution >= 0.6 is 0 Å². The van der Waals surface area contributed by atoms with Crippen LogP contribution in [0, 0.1) is 12.7 Å². The highest BCUT2D eigenvalue weighted by Gasteiger charge is 2.28. The van der Waals surface area contributed by atoms with Gasteiger partial charge in [0.15, 0.2) is 0 Å². The summed E-state index contributed by atoms with van der Waals surface area (Å²) in [6, 6.07) is 1.32. The number of nitrogen functional groups attached to an aromatic ring is 1. The van der Waals surface area contributed by atoms with Crippen molar-refractivity contribution in [1.82, 2.24) is 4.57 Å². The van der Waals surface area contributed by atoms with E-state index in [0.717, 1.165) is 18.9 Å². The van der Waals surface area contributed by atoms with Gasteiger partial charge in [-0.3, -0.25) is 4.79 Å². The summed E-state index contributed by atoms with van der Waals surface area (Å²) in [7, 11) is 0. The van der Waals surface area contributed by atoms with Gasteiger partial charge in [-0.05, 0) is 38.3 Å². The van der Waals surface area contributed by atoms with Gasteiger partial charge in [-0.15, -0.1) is 0 Å². The van der Waals surface area contributed by atoms with Crippen molar-refractivity contribution in [1.29, 1.82) is 0 Å². The quantitative estimate of drug-likeness (QED) is 0.698. The van der Waals surface area contributed by atoms with Crippen molar-refractivity contribution < 1.29 is 13.9 Å². The third-order valence-corrected chi connectivity index (χ3v) is 3.99. The molecule has 0 spiro atoms. The fourth-order valence-corrected chi connectivity index (χ4v) is 2.69. The first-order valence-corrected chi connectivity index (χ1v) is 7.26. The second-order valence-electron chi connectivity index (χ2n) is 5.52. The molecule has 0 amide bonds. The summed E-state index contributed by atoms with van der Waals surface area (Å²) in [5.41, 5.74) is 6.32. The van der Waals surface area contributed by atoms with Gasteiger partial charge < -0.3 is 15.0 Å². The number of halogens is 1. The van der Waals surface area contributed by atoms with Gasteiger partial charge in [0.25, 0.3) is 0 Å². The largest absolute Gasteiger partial charge is 0.462 e. The molecule has 0 unspecified atom stereocenters. The fourth-order valence-electron chi connectivity index (χ4n) is 2.69. The van der Waals surface area contributed by atoms with E-state index in [1.54, 1.807) is 13.8 Å². The van der Waals surface area contributed by atoms with Gasteiger partial charge in [-0.25, -0.2) is 9.18 Å². The Labute approximate surface area is 126 Å². The van der Waals surface area contributed by atoms with Crippen LogP contribution in [0.3, 0.4) is 0 Å². The number of carbonyl (C=O) groups excluding carboxylic acids is 1. The zero-order valence-electron chi connectivity index (χ0n) is 12.5. The van der Waals surface area contributed by atoms with Crippen molar-refractivity contribution in [3.63, 3.8) is 0 Å². The molecule has 1 aliphatic carbocycles. The first-order valence-electron chi connectivity index (χ1n) is 7.26. The zero-order chi connectivity index (χ0) is 16.0. The number of rotatable bonds is 3. The number of benzene rings is 1. The second kappa shape index (κ2) is 5.12. The smallest absolute Gasteiger partial charge is 0.343 e. The number of nitrogens with two attached hydrogens (primary N) is 1. The van der Waals surface area contributed by atoms with E-state index in [1.807, 2.05) is 4.57 Å². The van der Waals surface area contributed by atoms with E-state index in [0.29, 0.717) is 11.1 Å². The predicted octanol–water partition coefficient (Wildman–Crippen LogP) is 2.54.